The number of anilines is 2. The fourth-order valence-electron chi connectivity index (χ4n) is 2.97. The number of nitrogens with two attached hydrogens (primary N) is 1. The summed E-state index contributed by atoms with van der Waals surface area (Å²) in [6, 6.07) is 6.15. The third kappa shape index (κ3) is 2.89. The average Bonchev–Trinajstić information content (AvgIpc) is 2.38. The maximum atomic E-state index is 11.9. The summed E-state index contributed by atoms with van der Waals surface area (Å²) in [5.74, 6) is 0.764. The largest absolute Gasteiger partial charge is 0.397 e. The summed E-state index contributed by atoms with van der Waals surface area (Å²) in [7, 11) is 3.50. The van der Waals surface area contributed by atoms with Crippen LogP contribution in [0.4, 0.5) is 11.4 Å². The van der Waals surface area contributed by atoms with Gasteiger partial charge in [-0.25, -0.2) is 0 Å². The molecule has 1 fully saturated rings. The summed E-state index contributed by atoms with van der Waals surface area (Å²) in [5.41, 5.74) is 8.57. The Labute approximate surface area is 121 Å². The van der Waals surface area contributed by atoms with Gasteiger partial charge >= 0.3 is 0 Å². The van der Waals surface area contributed by atoms with Crippen LogP contribution in [0, 0.1) is 5.92 Å². The lowest BCUT2D eigenvalue weighted by atomic mass is 9.92. The van der Waals surface area contributed by atoms with Crippen LogP contribution in [0.15, 0.2) is 18.2 Å². The minimum Gasteiger partial charge on any atom is -0.397 e. The standard InChI is InChI=1S/C16H25N3O/c1-11-7-8-19(12(2)9-11)15-6-5-13(10-14(15)17)16(20)18(3)4/h5-6,10-12H,7-9,17H2,1-4H3. The Balaban J connectivity index is 2.24. The van der Waals surface area contributed by atoms with E-state index in [1.54, 1.807) is 25.1 Å². The number of carbonyl (C=O) groups is 1. The third-order valence-corrected chi connectivity index (χ3v) is 4.13. The summed E-state index contributed by atoms with van der Waals surface area (Å²) in [5, 5.41) is 0. The minimum absolute atomic E-state index is 0.0106. The van der Waals surface area contributed by atoms with E-state index >= 15 is 0 Å². The second-order valence-corrected chi connectivity index (χ2v) is 6.15. The fraction of sp³-hybridized carbons (Fsp3) is 0.562. The first-order chi connectivity index (χ1) is 9.40. The monoisotopic (exact) mass is 275 g/mol. The Kier molecular flexibility index (Phi) is 4.21. The van der Waals surface area contributed by atoms with Gasteiger partial charge < -0.3 is 15.5 Å². The van der Waals surface area contributed by atoms with E-state index < -0.39 is 0 Å². The van der Waals surface area contributed by atoms with Crippen LogP contribution in [0.5, 0.6) is 0 Å². The highest BCUT2D eigenvalue weighted by Crippen LogP contribution is 2.32. The number of benzene rings is 1. The van der Waals surface area contributed by atoms with Crippen molar-refractivity contribution >= 4 is 17.3 Å². The van der Waals surface area contributed by atoms with Crippen molar-refractivity contribution in [2.24, 2.45) is 5.92 Å². The van der Waals surface area contributed by atoms with Gasteiger partial charge in [0.05, 0.1) is 11.4 Å². The van der Waals surface area contributed by atoms with E-state index in [1.165, 1.54) is 12.8 Å². The highest BCUT2D eigenvalue weighted by Gasteiger charge is 2.24. The normalized spacial score (nSPS) is 22.7. The van der Waals surface area contributed by atoms with Crippen LogP contribution in [0.1, 0.15) is 37.0 Å². The molecule has 0 aliphatic carbocycles. The van der Waals surface area contributed by atoms with Gasteiger partial charge in [-0.1, -0.05) is 6.92 Å². The molecule has 1 saturated heterocycles. The molecule has 4 heteroatoms. The average molecular weight is 275 g/mol. The Bertz CT molecular complexity index is 498. The van der Waals surface area contributed by atoms with E-state index in [1.807, 2.05) is 12.1 Å². The summed E-state index contributed by atoms with van der Waals surface area (Å²) >= 11 is 0. The minimum atomic E-state index is -0.0106. The first-order valence-corrected chi connectivity index (χ1v) is 7.28. The highest BCUT2D eigenvalue weighted by molar-refractivity contribution is 5.95. The number of hydrogen-bond donors (Lipinski definition) is 1. The number of amides is 1. The first kappa shape index (κ1) is 14.7. The molecule has 0 bridgehead atoms. The van der Waals surface area contributed by atoms with Gasteiger partial charge in [0.2, 0.25) is 0 Å². The first-order valence-electron chi connectivity index (χ1n) is 7.28. The van der Waals surface area contributed by atoms with Crippen molar-refractivity contribution < 1.29 is 4.79 Å². The van der Waals surface area contributed by atoms with Gasteiger partial charge in [-0.3, -0.25) is 4.79 Å². The zero-order valence-corrected chi connectivity index (χ0v) is 12.9. The van der Waals surface area contributed by atoms with Gasteiger partial charge in [-0.15, -0.1) is 0 Å². The van der Waals surface area contributed by atoms with Gasteiger partial charge in [0.15, 0.2) is 0 Å². The van der Waals surface area contributed by atoms with E-state index in [0.29, 0.717) is 17.3 Å². The molecule has 2 N–H and O–H groups in total. The molecular formula is C16H25N3O. The number of nitrogen functional groups attached to an aromatic ring is 1. The molecule has 1 aromatic carbocycles. The van der Waals surface area contributed by atoms with Crippen LogP contribution in [-0.2, 0) is 0 Å². The van der Waals surface area contributed by atoms with Gasteiger partial charge in [0.25, 0.3) is 5.91 Å². The van der Waals surface area contributed by atoms with Crippen molar-refractivity contribution in [1.29, 1.82) is 0 Å². The molecule has 2 rings (SSSR count). The second-order valence-electron chi connectivity index (χ2n) is 6.15. The zero-order chi connectivity index (χ0) is 14.9. The van der Waals surface area contributed by atoms with Crippen LogP contribution in [0.2, 0.25) is 0 Å². The molecule has 1 aliphatic heterocycles. The van der Waals surface area contributed by atoms with Crippen LogP contribution in [0.25, 0.3) is 0 Å². The Hall–Kier alpha value is -1.71. The summed E-state index contributed by atoms with van der Waals surface area (Å²) in [4.78, 5) is 15.9. The van der Waals surface area contributed by atoms with Crippen molar-refractivity contribution in [2.75, 3.05) is 31.3 Å². The van der Waals surface area contributed by atoms with Crippen molar-refractivity contribution in [3.8, 4) is 0 Å². The zero-order valence-electron chi connectivity index (χ0n) is 12.9. The third-order valence-electron chi connectivity index (χ3n) is 4.13. The lowest BCUT2D eigenvalue weighted by Gasteiger charge is -2.39. The van der Waals surface area contributed by atoms with Crippen molar-refractivity contribution in [3.05, 3.63) is 23.8 Å². The number of rotatable bonds is 2. The molecule has 1 amide bonds. The predicted molar refractivity (Wildman–Crippen MR) is 84.1 cm³/mol. The number of piperidine rings is 1. The lowest BCUT2D eigenvalue weighted by molar-refractivity contribution is 0.0827. The maximum absolute atomic E-state index is 11.9. The molecule has 1 aromatic rings. The Morgan fingerprint density at radius 1 is 1.35 bits per heavy atom. The van der Waals surface area contributed by atoms with Gasteiger partial charge in [-0.2, -0.15) is 0 Å². The summed E-state index contributed by atoms with van der Waals surface area (Å²) < 4.78 is 0. The molecule has 0 radical (unpaired) electrons. The van der Waals surface area contributed by atoms with Gasteiger partial charge in [-0.05, 0) is 43.9 Å². The van der Waals surface area contributed by atoms with E-state index in [9.17, 15) is 4.79 Å². The molecular weight excluding hydrogens is 250 g/mol. The topological polar surface area (TPSA) is 49.6 Å². The molecule has 2 unspecified atom stereocenters. The molecule has 20 heavy (non-hydrogen) atoms. The predicted octanol–water partition coefficient (Wildman–Crippen LogP) is 2.60. The molecule has 1 heterocycles. The molecule has 0 saturated carbocycles. The van der Waals surface area contributed by atoms with Gasteiger partial charge in [0, 0.05) is 32.2 Å². The molecule has 1 aliphatic rings. The quantitative estimate of drug-likeness (QED) is 0.844. The SMILES string of the molecule is CC1CCN(c2ccc(C(=O)N(C)C)cc2N)C(C)C1. The van der Waals surface area contributed by atoms with Crippen LogP contribution < -0.4 is 10.6 Å². The van der Waals surface area contributed by atoms with E-state index in [0.717, 1.165) is 18.2 Å². The Morgan fingerprint density at radius 3 is 2.60 bits per heavy atom. The number of hydrogen-bond acceptors (Lipinski definition) is 3. The van der Waals surface area contributed by atoms with Crippen LogP contribution in [-0.4, -0.2) is 37.5 Å². The smallest absolute Gasteiger partial charge is 0.253 e. The molecule has 0 spiro atoms. The summed E-state index contributed by atoms with van der Waals surface area (Å²) in [6.45, 7) is 5.58. The van der Waals surface area contributed by atoms with E-state index in [4.69, 9.17) is 5.73 Å². The van der Waals surface area contributed by atoms with Crippen LogP contribution >= 0.6 is 0 Å². The molecule has 4 nitrogen and oxygen atoms in total. The van der Waals surface area contributed by atoms with Crippen LogP contribution in [0.3, 0.4) is 0 Å². The summed E-state index contributed by atoms with van der Waals surface area (Å²) in [6.07, 6.45) is 2.39. The number of carbonyl (C=O) groups excluding carboxylic acids is 1. The molecule has 0 aromatic heterocycles. The van der Waals surface area contributed by atoms with Gasteiger partial charge in [0.1, 0.15) is 0 Å². The molecule has 2 atom stereocenters. The van der Waals surface area contributed by atoms with E-state index in [-0.39, 0.29) is 5.91 Å². The lowest BCUT2D eigenvalue weighted by Crippen LogP contribution is -2.40. The Morgan fingerprint density at radius 2 is 2.05 bits per heavy atom. The highest BCUT2D eigenvalue weighted by atomic mass is 16.2. The number of nitrogens with zero attached hydrogens (tertiary/aromatic N) is 2. The second kappa shape index (κ2) is 5.73. The van der Waals surface area contributed by atoms with Crippen molar-refractivity contribution in [3.63, 3.8) is 0 Å². The van der Waals surface area contributed by atoms with Crippen molar-refractivity contribution in [1.82, 2.24) is 4.90 Å². The maximum Gasteiger partial charge on any atom is 0.253 e. The van der Waals surface area contributed by atoms with E-state index in [2.05, 4.69) is 18.7 Å². The fourth-order valence-corrected chi connectivity index (χ4v) is 2.97. The van der Waals surface area contributed by atoms with Crippen molar-refractivity contribution in [2.45, 2.75) is 32.7 Å². The molecule has 110 valence electrons.